The van der Waals surface area contributed by atoms with Gasteiger partial charge in [-0.25, -0.2) is 0 Å². The SMILES string of the molecule is CCOc1cc2c(cc1C=CC(=O)N1CCc3cc(OC)c(OC)cc3C1)OC(C)C2. The van der Waals surface area contributed by atoms with Crippen molar-refractivity contribution in [1.29, 1.82) is 0 Å². The van der Waals surface area contributed by atoms with Crippen LogP contribution < -0.4 is 18.9 Å². The van der Waals surface area contributed by atoms with E-state index in [0.29, 0.717) is 25.4 Å². The molecule has 164 valence electrons. The summed E-state index contributed by atoms with van der Waals surface area (Å²) in [5.41, 5.74) is 4.28. The average molecular weight is 424 g/mol. The van der Waals surface area contributed by atoms with E-state index in [4.69, 9.17) is 18.9 Å². The second-order valence-corrected chi connectivity index (χ2v) is 7.88. The number of amides is 1. The predicted octanol–water partition coefficient (Wildman–Crippen LogP) is 4.02. The number of methoxy groups -OCH3 is 2. The van der Waals surface area contributed by atoms with Gasteiger partial charge in [-0.2, -0.15) is 0 Å². The van der Waals surface area contributed by atoms with Crippen molar-refractivity contribution in [3.05, 3.63) is 52.6 Å². The third kappa shape index (κ3) is 4.33. The third-order valence-corrected chi connectivity index (χ3v) is 5.76. The number of hydrogen-bond acceptors (Lipinski definition) is 5. The molecule has 0 spiro atoms. The first-order chi connectivity index (χ1) is 15.0. The van der Waals surface area contributed by atoms with E-state index in [1.165, 1.54) is 5.56 Å². The largest absolute Gasteiger partial charge is 0.493 e. The first-order valence-electron chi connectivity index (χ1n) is 10.7. The topological polar surface area (TPSA) is 57.2 Å². The summed E-state index contributed by atoms with van der Waals surface area (Å²) in [6.07, 6.45) is 5.26. The van der Waals surface area contributed by atoms with E-state index in [0.717, 1.165) is 46.8 Å². The van der Waals surface area contributed by atoms with Gasteiger partial charge in [0.25, 0.3) is 0 Å². The highest BCUT2D eigenvalue weighted by Crippen LogP contribution is 2.36. The molecular formula is C25H29NO5. The molecule has 2 aromatic rings. The lowest BCUT2D eigenvalue weighted by molar-refractivity contribution is -0.126. The maximum atomic E-state index is 12.9. The zero-order valence-electron chi connectivity index (χ0n) is 18.6. The number of rotatable bonds is 6. The molecule has 0 N–H and O–H groups in total. The van der Waals surface area contributed by atoms with E-state index >= 15 is 0 Å². The van der Waals surface area contributed by atoms with Crippen LogP contribution in [-0.2, 0) is 24.2 Å². The lowest BCUT2D eigenvalue weighted by Gasteiger charge is -2.28. The maximum Gasteiger partial charge on any atom is 0.246 e. The highest BCUT2D eigenvalue weighted by Gasteiger charge is 2.23. The molecule has 0 saturated heterocycles. The van der Waals surface area contributed by atoms with E-state index in [1.807, 2.05) is 42.2 Å². The van der Waals surface area contributed by atoms with E-state index in [-0.39, 0.29) is 12.0 Å². The van der Waals surface area contributed by atoms with Crippen molar-refractivity contribution in [3.63, 3.8) is 0 Å². The molecule has 1 unspecified atom stereocenters. The molecule has 31 heavy (non-hydrogen) atoms. The van der Waals surface area contributed by atoms with E-state index in [1.54, 1.807) is 20.3 Å². The minimum atomic E-state index is -0.0299. The van der Waals surface area contributed by atoms with Crippen LogP contribution in [0.25, 0.3) is 6.08 Å². The van der Waals surface area contributed by atoms with Crippen LogP contribution in [0.15, 0.2) is 30.3 Å². The van der Waals surface area contributed by atoms with Crippen LogP contribution in [0.3, 0.4) is 0 Å². The van der Waals surface area contributed by atoms with Crippen molar-refractivity contribution in [2.45, 2.75) is 39.3 Å². The molecule has 0 aromatic heterocycles. The van der Waals surface area contributed by atoms with Crippen LogP contribution in [0.4, 0.5) is 0 Å². The molecule has 6 nitrogen and oxygen atoms in total. The summed E-state index contributed by atoms with van der Waals surface area (Å²) in [6, 6.07) is 7.97. The Kier molecular flexibility index (Phi) is 6.07. The van der Waals surface area contributed by atoms with Crippen LogP contribution in [0.1, 0.15) is 36.1 Å². The molecule has 2 aliphatic rings. The number of nitrogens with zero attached hydrogens (tertiary/aromatic N) is 1. The zero-order chi connectivity index (χ0) is 22.0. The van der Waals surface area contributed by atoms with Crippen LogP contribution >= 0.6 is 0 Å². The summed E-state index contributed by atoms with van der Waals surface area (Å²) in [6.45, 7) is 5.78. The van der Waals surface area contributed by atoms with Gasteiger partial charge in [-0.05, 0) is 61.7 Å². The van der Waals surface area contributed by atoms with Gasteiger partial charge < -0.3 is 23.8 Å². The quantitative estimate of drug-likeness (QED) is 0.657. The zero-order valence-corrected chi connectivity index (χ0v) is 18.6. The summed E-state index contributed by atoms with van der Waals surface area (Å²) < 4.78 is 22.5. The van der Waals surface area contributed by atoms with Crippen LogP contribution in [-0.4, -0.2) is 44.3 Å². The van der Waals surface area contributed by atoms with Crippen molar-refractivity contribution in [1.82, 2.24) is 4.90 Å². The van der Waals surface area contributed by atoms with Gasteiger partial charge in [0.2, 0.25) is 5.91 Å². The normalized spacial score (nSPS) is 17.2. The van der Waals surface area contributed by atoms with Gasteiger partial charge in [0, 0.05) is 36.7 Å². The van der Waals surface area contributed by atoms with E-state index < -0.39 is 0 Å². The highest BCUT2D eigenvalue weighted by molar-refractivity contribution is 5.92. The molecular weight excluding hydrogens is 394 g/mol. The molecule has 4 rings (SSSR count). The summed E-state index contributed by atoms with van der Waals surface area (Å²) in [5, 5.41) is 0. The molecule has 2 aromatic carbocycles. The van der Waals surface area contributed by atoms with Crippen molar-refractivity contribution in [3.8, 4) is 23.0 Å². The highest BCUT2D eigenvalue weighted by atomic mass is 16.5. The molecule has 2 heterocycles. The van der Waals surface area contributed by atoms with Crippen LogP contribution in [0.5, 0.6) is 23.0 Å². The van der Waals surface area contributed by atoms with Crippen molar-refractivity contribution in [2.75, 3.05) is 27.4 Å². The number of fused-ring (bicyclic) bond motifs is 2. The van der Waals surface area contributed by atoms with Gasteiger partial charge >= 0.3 is 0 Å². The van der Waals surface area contributed by atoms with Gasteiger partial charge in [-0.15, -0.1) is 0 Å². The second-order valence-electron chi connectivity index (χ2n) is 7.88. The molecule has 0 radical (unpaired) electrons. The Hall–Kier alpha value is -3.15. The lowest BCUT2D eigenvalue weighted by Crippen LogP contribution is -2.34. The van der Waals surface area contributed by atoms with Gasteiger partial charge in [0.15, 0.2) is 11.5 Å². The van der Waals surface area contributed by atoms with Crippen molar-refractivity contribution < 1.29 is 23.7 Å². The molecule has 6 heteroatoms. The number of hydrogen-bond donors (Lipinski definition) is 0. The summed E-state index contributed by atoms with van der Waals surface area (Å²) in [4.78, 5) is 14.8. The van der Waals surface area contributed by atoms with E-state index in [9.17, 15) is 4.79 Å². The smallest absolute Gasteiger partial charge is 0.246 e. The van der Waals surface area contributed by atoms with Crippen LogP contribution in [0, 0.1) is 0 Å². The minimum absolute atomic E-state index is 0.0299. The summed E-state index contributed by atoms with van der Waals surface area (Å²) >= 11 is 0. The molecule has 1 atom stereocenters. The van der Waals surface area contributed by atoms with Gasteiger partial charge in [-0.3, -0.25) is 4.79 Å². The van der Waals surface area contributed by atoms with Crippen LogP contribution in [0.2, 0.25) is 0 Å². The fraction of sp³-hybridized carbons (Fsp3) is 0.400. The Balaban J connectivity index is 1.52. The monoisotopic (exact) mass is 423 g/mol. The molecule has 0 bridgehead atoms. The molecule has 0 saturated carbocycles. The molecule has 1 amide bonds. The minimum Gasteiger partial charge on any atom is -0.493 e. The fourth-order valence-corrected chi connectivity index (χ4v) is 4.20. The maximum absolute atomic E-state index is 12.9. The average Bonchev–Trinajstić information content (AvgIpc) is 3.14. The first kappa shape index (κ1) is 21.1. The number of ether oxygens (including phenoxy) is 4. The Morgan fingerprint density at radius 2 is 1.81 bits per heavy atom. The number of carbonyl (C=O) groups excluding carboxylic acids is 1. The van der Waals surface area contributed by atoms with Gasteiger partial charge in [0.05, 0.1) is 20.8 Å². The van der Waals surface area contributed by atoms with E-state index in [2.05, 4.69) is 6.92 Å². The van der Waals surface area contributed by atoms with Gasteiger partial charge in [0.1, 0.15) is 17.6 Å². The van der Waals surface area contributed by atoms with Crippen molar-refractivity contribution in [2.24, 2.45) is 0 Å². The van der Waals surface area contributed by atoms with Crippen molar-refractivity contribution >= 4 is 12.0 Å². The lowest BCUT2D eigenvalue weighted by atomic mass is 9.98. The summed E-state index contributed by atoms with van der Waals surface area (Å²) in [5.74, 6) is 3.02. The Labute approximate surface area is 183 Å². The first-order valence-corrected chi connectivity index (χ1v) is 10.7. The number of benzene rings is 2. The number of carbonyl (C=O) groups is 1. The second kappa shape index (κ2) is 8.92. The predicted molar refractivity (Wildman–Crippen MR) is 119 cm³/mol. The molecule has 0 fully saturated rings. The summed E-state index contributed by atoms with van der Waals surface area (Å²) in [7, 11) is 3.25. The third-order valence-electron chi connectivity index (χ3n) is 5.76. The molecule has 2 aliphatic heterocycles. The standard InChI is InChI=1S/C25H29NO5/c1-5-30-21-13-19-10-16(2)31-22(19)12-18(21)6-7-25(27)26-9-8-17-11-23(28-3)24(29-4)14-20(17)15-26/h6-7,11-14,16H,5,8-10,15H2,1-4H3. The Morgan fingerprint density at radius 3 is 2.52 bits per heavy atom. The van der Waals surface area contributed by atoms with Gasteiger partial charge in [-0.1, -0.05) is 0 Å². The Morgan fingerprint density at radius 1 is 1.10 bits per heavy atom. The Bertz CT molecular complexity index is 1010. The fourth-order valence-electron chi connectivity index (χ4n) is 4.20. The molecule has 0 aliphatic carbocycles.